The summed E-state index contributed by atoms with van der Waals surface area (Å²) in [7, 11) is 0. The summed E-state index contributed by atoms with van der Waals surface area (Å²) < 4.78 is 1.41. The van der Waals surface area contributed by atoms with Crippen molar-refractivity contribution in [3.63, 3.8) is 0 Å². The van der Waals surface area contributed by atoms with Gasteiger partial charge in [-0.3, -0.25) is 4.79 Å². The minimum absolute atomic E-state index is 0. The number of benzene rings is 3. The minimum Gasteiger partial charge on any atom is -0.512 e. The van der Waals surface area contributed by atoms with Crippen molar-refractivity contribution in [1.29, 1.82) is 0 Å². The molecule has 1 N–H and O–H groups in total. The van der Waals surface area contributed by atoms with Crippen LogP contribution in [0, 0.1) is 66.3 Å². The maximum Gasteiger partial charge on any atom is 0.162 e. The third kappa shape index (κ3) is 10.4. The van der Waals surface area contributed by atoms with Crippen LogP contribution < -0.4 is 0 Å². The van der Waals surface area contributed by atoms with Crippen molar-refractivity contribution in [3.05, 3.63) is 88.6 Å². The Morgan fingerprint density at radius 2 is 1.29 bits per heavy atom. The summed E-state index contributed by atoms with van der Waals surface area (Å²) in [5.74, 6) is 2.28. The minimum atomic E-state index is -0.0119. The number of aliphatic hydroxyl groups is 1. The molecule has 5 aromatic rings. The van der Waals surface area contributed by atoms with Gasteiger partial charge in [-0.15, -0.1) is 46.2 Å². The van der Waals surface area contributed by atoms with E-state index in [2.05, 4.69) is 152 Å². The van der Waals surface area contributed by atoms with Crippen LogP contribution in [0.15, 0.2) is 66.6 Å². The van der Waals surface area contributed by atoms with Gasteiger partial charge in [0, 0.05) is 59.2 Å². The van der Waals surface area contributed by atoms with E-state index < -0.39 is 0 Å². The second kappa shape index (κ2) is 17.7. The first-order valence-electron chi connectivity index (χ1n) is 20.4. The molecule has 1 radical (unpaired) electrons. The Bertz CT molecular complexity index is 2100. The first-order valence-corrected chi connectivity index (χ1v) is 21.2. The Morgan fingerprint density at radius 3 is 1.85 bits per heavy atom. The van der Waals surface area contributed by atoms with Crippen LogP contribution in [0.5, 0.6) is 0 Å². The fraction of sp³-hybridized carbons (Fsp3) is 0.520. The van der Waals surface area contributed by atoms with Crippen molar-refractivity contribution in [2.24, 2.45) is 46.3 Å². The normalized spacial score (nSPS) is 16.2. The second-order valence-electron chi connectivity index (χ2n) is 19.4. The molecule has 0 bridgehead atoms. The zero-order valence-electron chi connectivity index (χ0n) is 36.0. The molecule has 0 amide bonds. The van der Waals surface area contributed by atoms with Crippen molar-refractivity contribution < 1.29 is 30.0 Å². The number of thiophene rings is 1. The number of pyridine rings is 1. The molecule has 1 aliphatic rings. The first kappa shape index (κ1) is 44.9. The third-order valence-electron chi connectivity index (χ3n) is 11.7. The quantitative estimate of drug-likeness (QED) is 0.0693. The molecule has 55 heavy (non-hydrogen) atoms. The molecule has 0 aliphatic heterocycles. The van der Waals surface area contributed by atoms with E-state index in [0.29, 0.717) is 40.4 Å². The number of carbonyl (C=O) groups excluding carboxylic acids is 1. The van der Waals surface area contributed by atoms with Gasteiger partial charge in [-0.2, -0.15) is 0 Å². The van der Waals surface area contributed by atoms with Gasteiger partial charge in [0.25, 0.3) is 0 Å². The third-order valence-corrected chi connectivity index (χ3v) is 12.9. The number of hydrogen-bond acceptors (Lipinski definition) is 4. The Kier molecular flexibility index (Phi) is 14.5. The first-order chi connectivity index (χ1) is 25.2. The van der Waals surface area contributed by atoms with Crippen LogP contribution in [0.25, 0.3) is 42.9 Å². The van der Waals surface area contributed by atoms with Gasteiger partial charge in [0.1, 0.15) is 0 Å². The molecule has 1 fully saturated rings. The molecule has 3 nitrogen and oxygen atoms in total. The standard InChI is InChI=1S/C33H34NS.C17H32O2.Ir/c1-20-13-21(2)15-22(14-20)31-27-8-7-25-24(26(27)11-12-34-31)9-10-29-28(25)16-30(35-29)23-17-32(3,4)19-33(5,6)18-23;1-10(2)16(11(3)4)14(18)9-15(19)17(12(5)6)13(7)8;/h7-14,16,23H,17-19H2,1-6H3;9-13,16-18H,1-8H3;/q-1;;/b;14-9-;. The molecule has 0 saturated heterocycles. The Morgan fingerprint density at radius 1 is 0.764 bits per heavy atom. The zero-order chi connectivity index (χ0) is 39.9. The van der Waals surface area contributed by atoms with Crippen LogP contribution >= 0.6 is 11.3 Å². The van der Waals surface area contributed by atoms with Crippen molar-refractivity contribution in [2.45, 2.75) is 122 Å². The molecular weight excluding hydrogens is 871 g/mol. The van der Waals surface area contributed by atoms with Crippen LogP contribution in [-0.4, -0.2) is 15.9 Å². The van der Waals surface area contributed by atoms with Gasteiger partial charge in [0.15, 0.2) is 5.78 Å². The number of fused-ring (bicyclic) bond motifs is 5. The van der Waals surface area contributed by atoms with Gasteiger partial charge in [-0.05, 0) is 105 Å². The summed E-state index contributed by atoms with van der Waals surface area (Å²) in [6, 6.07) is 21.8. The summed E-state index contributed by atoms with van der Waals surface area (Å²) in [6.07, 6.45) is 7.31. The SMILES string of the molecule is CC(C)C(C(=O)/C=C(\O)C(C(C)C)C(C)C)C(C)C.Cc1[c-]c(-c2nccc3c2ccc2c4cc(C5CC(C)(C)CC(C)(C)C5)sc4ccc32)cc(C)c1.[Ir]. The van der Waals surface area contributed by atoms with E-state index in [-0.39, 0.29) is 43.5 Å². The maximum atomic E-state index is 12.3. The summed E-state index contributed by atoms with van der Waals surface area (Å²) in [5.41, 5.74) is 5.30. The van der Waals surface area contributed by atoms with E-state index in [9.17, 15) is 9.90 Å². The van der Waals surface area contributed by atoms with Crippen LogP contribution in [0.3, 0.4) is 0 Å². The predicted molar refractivity (Wildman–Crippen MR) is 235 cm³/mol. The molecule has 2 heterocycles. The fourth-order valence-electron chi connectivity index (χ4n) is 10.3. The molecule has 2 aromatic heterocycles. The number of ketones is 1. The van der Waals surface area contributed by atoms with Gasteiger partial charge in [-0.1, -0.05) is 115 Å². The summed E-state index contributed by atoms with van der Waals surface area (Å²) in [4.78, 5) is 18.7. The van der Waals surface area contributed by atoms with Crippen LogP contribution in [0.4, 0.5) is 0 Å². The molecule has 6 rings (SSSR count). The monoisotopic (exact) mass is 937 g/mol. The van der Waals surface area contributed by atoms with Gasteiger partial charge in [-0.25, -0.2) is 0 Å². The van der Waals surface area contributed by atoms with Crippen molar-refractivity contribution in [2.75, 3.05) is 0 Å². The van der Waals surface area contributed by atoms with Crippen molar-refractivity contribution >= 4 is 48.8 Å². The molecule has 0 unspecified atom stereocenters. The zero-order valence-corrected chi connectivity index (χ0v) is 39.2. The maximum absolute atomic E-state index is 12.3. The van der Waals surface area contributed by atoms with Crippen molar-refractivity contribution in [1.82, 2.24) is 4.98 Å². The number of carbonyl (C=O) groups is 1. The second-order valence-corrected chi connectivity index (χ2v) is 20.5. The number of rotatable bonds is 9. The van der Waals surface area contributed by atoms with Crippen LogP contribution in [-0.2, 0) is 24.9 Å². The molecule has 299 valence electrons. The van der Waals surface area contributed by atoms with E-state index in [1.807, 2.05) is 17.5 Å². The smallest absolute Gasteiger partial charge is 0.162 e. The average molecular weight is 937 g/mol. The fourth-order valence-corrected chi connectivity index (χ4v) is 11.5. The van der Waals surface area contributed by atoms with E-state index in [4.69, 9.17) is 4.98 Å². The van der Waals surface area contributed by atoms with Gasteiger partial charge < -0.3 is 10.1 Å². The average Bonchev–Trinajstić information content (AvgIpc) is 3.47. The van der Waals surface area contributed by atoms with Crippen molar-refractivity contribution in [3.8, 4) is 11.3 Å². The summed E-state index contributed by atoms with van der Waals surface area (Å²) in [6.45, 7) is 30.7. The summed E-state index contributed by atoms with van der Waals surface area (Å²) >= 11 is 2.01. The Labute approximate surface area is 350 Å². The topological polar surface area (TPSA) is 50.2 Å². The molecule has 1 aliphatic carbocycles. The van der Waals surface area contributed by atoms with Gasteiger partial charge in [0.2, 0.25) is 0 Å². The Hall–Kier alpha value is -2.85. The summed E-state index contributed by atoms with van der Waals surface area (Å²) in [5, 5.41) is 16.8. The number of nitrogens with zero attached hydrogens (tertiary/aromatic N) is 1. The van der Waals surface area contributed by atoms with E-state index >= 15 is 0 Å². The molecular formula is C50H66IrNO2S-. The number of hydrogen-bond donors (Lipinski definition) is 1. The van der Waals surface area contributed by atoms with E-state index in [1.165, 1.54) is 62.5 Å². The Balaban J connectivity index is 0.000000290. The molecule has 0 spiro atoms. The van der Waals surface area contributed by atoms with E-state index in [0.717, 1.165) is 16.8 Å². The number of aliphatic hydroxyl groups excluding tert-OH is 1. The molecule has 0 atom stereocenters. The van der Waals surface area contributed by atoms with Gasteiger partial charge >= 0.3 is 0 Å². The number of allylic oxidation sites excluding steroid dienone is 2. The van der Waals surface area contributed by atoms with E-state index in [1.54, 1.807) is 4.88 Å². The molecule has 3 aromatic carbocycles. The molecule has 1 saturated carbocycles. The van der Waals surface area contributed by atoms with Crippen LogP contribution in [0.1, 0.15) is 124 Å². The largest absolute Gasteiger partial charge is 0.512 e. The molecule has 5 heteroatoms. The van der Waals surface area contributed by atoms with Gasteiger partial charge in [0.05, 0.1) is 5.76 Å². The number of aromatic nitrogens is 1. The number of aryl methyl sites for hydroxylation is 2. The predicted octanol–water partition coefficient (Wildman–Crippen LogP) is 14.9. The van der Waals surface area contributed by atoms with Crippen LogP contribution in [0.2, 0.25) is 0 Å².